The molecule has 0 saturated carbocycles. The first-order chi connectivity index (χ1) is 9.04. The van der Waals surface area contributed by atoms with Gasteiger partial charge >= 0.3 is 0 Å². The fraction of sp³-hybridized carbons (Fsp3) is 0.538. The number of ether oxygens (including phenoxy) is 2. The lowest BCUT2D eigenvalue weighted by molar-refractivity contribution is -0.119. The standard InChI is InChI=1S/C13H21N3O3/c1-9(10(2)14)13(17)16-11-4-5-12(15-8-11)19-7-6-18-3/h4-5,8-10H,6-7,14H2,1-3H3,(H,16,17). The number of anilines is 1. The molecule has 2 unspecified atom stereocenters. The summed E-state index contributed by atoms with van der Waals surface area (Å²) in [5.74, 6) is 0.123. The van der Waals surface area contributed by atoms with Gasteiger partial charge < -0.3 is 20.5 Å². The third-order valence-electron chi connectivity index (χ3n) is 2.74. The molecule has 1 aromatic heterocycles. The van der Waals surface area contributed by atoms with Gasteiger partial charge in [0.2, 0.25) is 11.8 Å². The van der Waals surface area contributed by atoms with E-state index in [-0.39, 0.29) is 17.9 Å². The van der Waals surface area contributed by atoms with E-state index < -0.39 is 0 Å². The number of rotatable bonds is 7. The Kier molecular flexibility index (Phi) is 6.24. The van der Waals surface area contributed by atoms with E-state index in [0.717, 1.165) is 0 Å². The Hall–Kier alpha value is -1.66. The van der Waals surface area contributed by atoms with Gasteiger partial charge in [-0.25, -0.2) is 4.98 Å². The molecule has 1 aromatic rings. The SMILES string of the molecule is COCCOc1ccc(NC(=O)C(C)C(C)N)cn1. The highest BCUT2D eigenvalue weighted by molar-refractivity contribution is 5.92. The van der Waals surface area contributed by atoms with Crippen molar-refractivity contribution in [2.75, 3.05) is 25.6 Å². The van der Waals surface area contributed by atoms with Crippen molar-refractivity contribution >= 4 is 11.6 Å². The minimum atomic E-state index is -0.252. The van der Waals surface area contributed by atoms with Crippen LogP contribution in [-0.2, 0) is 9.53 Å². The second-order valence-corrected chi connectivity index (χ2v) is 4.36. The molecule has 0 aliphatic rings. The molecule has 1 heterocycles. The zero-order valence-electron chi connectivity index (χ0n) is 11.6. The Bertz CT molecular complexity index is 393. The zero-order valence-corrected chi connectivity index (χ0v) is 11.6. The molecule has 1 amide bonds. The Morgan fingerprint density at radius 2 is 2.16 bits per heavy atom. The predicted molar refractivity (Wildman–Crippen MR) is 73.1 cm³/mol. The summed E-state index contributed by atoms with van der Waals surface area (Å²) in [5, 5.41) is 2.76. The maximum atomic E-state index is 11.8. The molecule has 0 spiro atoms. The minimum Gasteiger partial charge on any atom is -0.475 e. The molecule has 0 aliphatic heterocycles. The first kappa shape index (κ1) is 15.4. The lowest BCUT2D eigenvalue weighted by atomic mass is 10.0. The Morgan fingerprint density at radius 1 is 1.42 bits per heavy atom. The molecular weight excluding hydrogens is 246 g/mol. The quantitative estimate of drug-likeness (QED) is 0.720. The lowest BCUT2D eigenvalue weighted by Gasteiger charge is -2.15. The largest absolute Gasteiger partial charge is 0.475 e. The Labute approximate surface area is 113 Å². The molecule has 0 fully saturated rings. The Morgan fingerprint density at radius 3 is 2.68 bits per heavy atom. The van der Waals surface area contributed by atoms with E-state index in [0.29, 0.717) is 24.8 Å². The molecule has 2 atom stereocenters. The maximum Gasteiger partial charge on any atom is 0.228 e. The molecule has 0 bridgehead atoms. The highest BCUT2D eigenvalue weighted by Gasteiger charge is 2.16. The van der Waals surface area contributed by atoms with Gasteiger partial charge in [-0.3, -0.25) is 4.79 Å². The van der Waals surface area contributed by atoms with Crippen LogP contribution in [-0.4, -0.2) is 37.3 Å². The average molecular weight is 267 g/mol. The van der Waals surface area contributed by atoms with E-state index in [2.05, 4.69) is 10.3 Å². The van der Waals surface area contributed by atoms with Crippen molar-refractivity contribution in [2.45, 2.75) is 19.9 Å². The smallest absolute Gasteiger partial charge is 0.228 e. The van der Waals surface area contributed by atoms with Gasteiger partial charge in [-0.1, -0.05) is 6.92 Å². The summed E-state index contributed by atoms with van der Waals surface area (Å²) in [4.78, 5) is 15.9. The first-order valence-electron chi connectivity index (χ1n) is 6.19. The van der Waals surface area contributed by atoms with Crippen LogP contribution in [0.2, 0.25) is 0 Å². The number of hydrogen-bond acceptors (Lipinski definition) is 5. The number of amides is 1. The highest BCUT2D eigenvalue weighted by Crippen LogP contribution is 2.13. The summed E-state index contributed by atoms with van der Waals surface area (Å²) in [5.41, 5.74) is 6.30. The van der Waals surface area contributed by atoms with Crippen LogP contribution in [0.25, 0.3) is 0 Å². The van der Waals surface area contributed by atoms with Crippen LogP contribution in [0.15, 0.2) is 18.3 Å². The number of nitrogens with one attached hydrogen (secondary N) is 1. The van der Waals surface area contributed by atoms with Gasteiger partial charge in [0.15, 0.2) is 0 Å². The van der Waals surface area contributed by atoms with Crippen molar-refractivity contribution in [1.29, 1.82) is 0 Å². The van der Waals surface area contributed by atoms with Crippen molar-refractivity contribution in [2.24, 2.45) is 11.7 Å². The van der Waals surface area contributed by atoms with Crippen LogP contribution in [0.5, 0.6) is 5.88 Å². The van der Waals surface area contributed by atoms with Gasteiger partial charge in [-0.15, -0.1) is 0 Å². The van der Waals surface area contributed by atoms with Crippen LogP contribution in [0, 0.1) is 5.92 Å². The second-order valence-electron chi connectivity index (χ2n) is 4.36. The first-order valence-corrected chi connectivity index (χ1v) is 6.19. The van der Waals surface area contributed by atoms with Crippen molar-refractivity contribution in [3.8, 4) is 5.88 Å². The number of hydrogen-bond donors (Lipinski definition) is 2. The van der Waals surface area contributed by atoms with Gasteiger partial charge in [0.05, 0.1) is 24.4 Å². The third kappa shape index (κ3) is 5.23. The molecule has 0 saturated heterocycles. The molecule has 0 aromatic carbocycles. The molecule has 6 nitrogen and oxygen atoms in total. The molecular formula is C13H21N3O3. The summed E-state index contributed by atoms with van der Waals surface area (Å²) in [6.07, 6.45) is 1.55. The van der Waals surface area contributed by atoms with Crippen molar-refractivity contribution < 1.29 is 14.3 Å². The monoisotopic (exact) mass is 267 g/mol. The summed E-state index contributed by atoms with van der Waals surface area (Å²) in [6.45, 7) is 4.54. The van der Waals surface area contributed by atoms with Crippen LogP contribution >= 0.6 is 0 Å². The predicted octanol–water partition coefficient (Wildman–Crippen LogP) is 1.03. The summed E-state index contributed by atoms with van der Waals surface area (Å²) in [7, 11) is 1.61. The van der Waals surface area contributed by atoms with Gasteiger partial charge in [-0.05, 0) is 13.0 Å². The van der Waals surface area contributed by atoms with Crippen molar-refractivity contribution in [3.05, 3.63) is 18.3 Å². The zero-order chi connectivity index (χ0) is 14.3. The lowest BCUT2D eigenvalue weighted by Crippen LogP contribution is -2.34. The maximum absolute atomic E-state index is 11.8. The topological polar surface area (TPSA) is 86.5 Å². The van der Waals surface area contributed by atoms with Gasteiger partial charge in [-0.2, -0.15) is 0 Å². The van der Waals surface area contributed by atoms with E-state index in [9.17, 15) is 4.79 Å². The van der Waals surface area contributed by atoms with Gasteiger partial charge in [0, 0.05) is 19.2 Å². The number of nitrogens with zero attached hydrogens (tertiary/aromatic N) is 1. The number of carbonyl (C=O) groups excluding carboxylic acids is 1. The van der Waals surface area contributed by atoms with Crippen molar-refractivity contribution in [1.82, 2.24) is 4.98 Å². The normalized spacial score (nSPS) is 13.7. The summed E-state index contributed by atoms with van der Waals surface area (Å²) >= 11 is 0. The highest BCUT2D eigenvalue weighted by atomic mass is 16.5. The molecule has 1 rings (SSSR count). The number of carbonyl (C=O) groups is 1. The minimum absolute atomic E-state index is 0.121. The van der Waals surface area contributed by atoms with E-state index >= 15 is 0 Å². The van der Waals surface area contributed by atoms with Crippen LogP contribution in [0.4, 0.5) is 5.69 Å². The fourth-order valence-corrected chi connectivity index (χ4v) is 1.26. The molecule has 6 heteroatoms. The van der Waals surface area contributed by atoms with Gasteiger partial charge in [0.25, 0.3) is 0 Å². The number of pyridine rings is 1. The Balaban J connectivity index is 2.50. The van der Waals surface area contributed by atoms with E-state index in [4.69, 9.17) is 15.2 Å². The van der Waals surface area contributed by atoms with Crippen LogP contribution in [0.3, 0.4) is 0 Å². The molecule has 3 N–H and O–H groups in total. The van der Waals surface area contributed by atoms with E-state index in [1.54, 1.807) is 39.3 Å². The van der Waals surface area contributed by atoms with Gasteiger partial charge in [0.1, 0.15) is 6.61 Å². The average Bonchev–Trinajstić information content (AvgIpc) is 2.40. The third-order valence-corrected chi connectivity index (χ3v) is 2.74. The summed E-state index contributed by atoms with van der Waals surface area (Å²) in [6, 6.07) is 3.24. The number of nitrogens with two attached hydrogens (primary N) is 1. The molecule has 19 heavy (non-hydrogen) atoms. The van der Waals surface area contributed by atoms with Crippen LogP contribution < -0.4 is 15.8 Å². The number of methoxy groups -OCH3 is 1. The summed E-state index contributed by atoms with van der Waals surface area (Å²) < 4.78 is 10.2. The van der Waals surface area contributed by atoms with E-state index in [1.165, 1.54) is 0 Å². The van der Waals surface area contributed by atoms with Crippen molar-refractivity contribution in [3.63, 3.8) is 0 Å². The second kappa shape index (κ2) is 7.70. The van der Waals surface area contributed by atoms with E-state index in [1.807, 2.05) is 0 Å². The fourth-order valence-electron chi connectivity index (χ4n) is 1.26. The molecule has 0 aliphatic carbocycles. The molecule has 0 radical (unpaired) electrons. The molecule has 106 valence electrons. The van der Waals surface area contributed by atoms with Crippen LogP contribution in [0.1, 0.15) is 13.8 Å². The number of aromatic nitrogens is 1.